The maximum Gasteiger partial charge on any atom is 0.261 e. The Morgan fingerprint density at radius 1 is 1.29 bits per heavy atom. The van der Waals surface area contributed by atoms with Crippen molar-refractivity contribution in [1.82, 2.24) is 4.98 Å². The third kappa shape index (κ3) is 2.84. The third-order valence-electron chi connectivity index (χ3n) is 2.97. The number of aromatic nitrogens is 1. The van der Waals surface area contributed by atoms with E-state index in [-0.39, 0.29) is 11.3 Å². The van der Waals surface area contributed by atoms with E-state index in [2.05, 4.69) is 10.3 Å². The summed E-state index contributed by atoms with van der Waals surface area (Å²) in [4.78, 5) is 16.5. The Labute approximate surface area is 130 Å². The summed E-state index contributed by atoms with van der Waals surface area (Å²) in [7, 11) is 0. The molecule has 1 amide bonds. The Kier molecular flexibility index (Phi) is 3.53. The number of amides is 1. The van der Waals surface area contributed by atoms with Crippen LogP contribution in [0.25, 0.3) is 10.2 Å². The first-order chi connectivity index (χ1) is 10.0. The smallest absolute Gasteiger partial charge is 0.261 e. The zero-order chi connectivity index (χ0) is 15.0. The molecular weight excluding hydrogens is 308 g/mol. The number of hydrogen-bond donors (Lipinski definition) is 2. The monoisotopic (exact) mass is 318 g/mol. The minimum atomic E-state index is -0.391. The molecule has 3 rings (SSSR count). The number of phenols is 1. The van der Waals surface area contributed by atoms with Gasteiger partial charge in [-0.1, -0.05) is 29.0 Å². The van der Waals surface area contributed by atoms with Crippen LogP contribution >= 0.6 is 22.9 Å². The van der Waals surface area contributed by atoms with Crippen molar-refractivity contribution in [2.45, 2.75) is 6.92 Å². The van der Waals surface area contributed by atoms with Crippen molar-refractivity contribution in [3.8, 4) is 5.75 Å². The highest BCUT2D eigenvalue weighted by Gasteiger charge is 2.13. The van der Waals surface area contributed by atoms with Crippen molar-refractivity contribution >= 4 is 44.2 Å². The molecule has 3 aromatic rings. The van der Waals surface area contributed by atoms with Gasteiger partial charge in [-0.2, -0.15) is 0 Å². The number of fused-ring (bicyclic) bond motifs is 1. The van der Waals surface area contributed by atoms with E-state index in [1.807, 2.05) is 6.92 Å². The highest BCUT2D eigenvalue weighted by molar-refractivity contribution is 7.22. The summed E-state index contributed by atoms with van der Waals surface area (Å²) in [5.41, 5.74) is 1.88. The van der Waals surface area contributed by atoms with Crippen molar-refractivity contribution in [3.05, 3.63) is 52.5 Å². The molecule has 0 bridgehead atoms. The van der Waals surface area contributed by atoms with Crippen molar-refractivity contribution in [3.63, 3.8) is 0 Å². The second-order valence-corrected chi connectivity index (χ2v) is 6.07. The molecule has 0 unspecified atom stereocenters. The number of thiazole rings is 1. The number of nitrogens with one attached hydrogen (secondary N) is 1. The molecule has 21 heavy (non-hydrogen) atoms. The van der Waals surface area contributed by atoms with Gasteiger partial charge in [0, 0.05) is 5.02 Å². The molecule has 0 atom stereocenters. The first kappa shape index (κ1) is 13.9. The second kappa shape index (κ2) is 5.35. The predicted molar refractivity (Wildman–Crippen MR) is 85.4 cm³/mol. The minimum Gasteiger partial charge on any atom is -0.507 e. The normalized spacial score (nSPS) is 10.8. The second-order valence-electron chi connectivity index (χ2n) is 4.61. The molecule has 0 aliphatic carbocycles. The van der Waals surface area contributed by atoms with Crippen LogP contribution in [0.4, 0.5) is 5.13 Å². The topological polar surface area (TPSA) is 62.2 Å². The lowest BCUT2D eigenvalue weighted by atomic mass is 10.1. The molecule has 6 heteroatoms. The number of hydrogen-bond acceptors (Lipinski definition) is 4. The van der Waals surface area contributed by atoms with Crippen LogP contribution in [0.2, 0.25) is 5.02 Å². The summed E-state index contributed by atoms with van der Waals surface area (Å²) in [5, 5.41) is 13.6. The summed E-state index contributed by atoms with van der Waals surface area (Å²) in [6.45, 7) is 1.85. The zero-order valence-corrected chi connectivity index (χ0v) is 12.6. The number of halogens is 1. The van der Waals surface area contributed by atoms with Crippen LogP contribution in [0.3, 0.4) is 0 Å². The number of anilines is 1. The Morgan fingerprint density at radius 3 is 2.86 bits per heavy atom. The van der Waals surface area contributed by atoms with E-state index in [1.165, 1.54) is 11.3 Å². The lowest BCUT2D eigenvalue weighted by molar-refractivity contribution is 0.102. The molecule has 1 heterocycles. The van der Waals surface area contributed by atoms with E-state index in [9.17, 15) is 9.90 Å². The van der Waals surface area contributed by atoms with Crippen molar-refractivity contribution < 1.29 is 9.90 Å². The lowest BCUT2D eigenvalue weighted by Gasteiger charge is -2.04. The number of nitrogens with zero attached hydrogens (tertiary/aromatic N) is 1. The van der Waals surface area contributed by atoms with Crippen molar-refractivity contribution in [2.75, 3.05) is 5.32 Å². The van der Waals surface area contributed by atoms with Crippen molar-refractivity contribution in [2.24, 2.45) is 0 Å². The van der Waals surface area contributed by atoms with Gasteiger partial charge in [-0.15, -0.1) is 0 Å². The van der Waals surface area contributed by atoms with Crippen molar-refractivity contribution in [1.29, 1.82) is 0 Å². The van der Waals surface area contributed by atoms with Gasteiger partial charge in [-0.05, 0) is 42.8 Å². The van der Waals surface area contributed by atoms with Gasteiger partial charge in [-0.25, -0.2) is 4.98 Å². The molecule has 2 aromatic carbocycles. The third-order valence-corrected chi connectivity index (χ3v) is 4.14. The molecule has 0 saturated heterocycles. The van der Waals surface area contributed by atoms with Gasteiger partial charge in [0.1, 0.15) is 5.75 Å². The molecule has 0 saturated carbocycles. The summed E-state index contributed by atoms with van der Waals surface area (Å²) in [5.74, 6) is -0.436. The van der Waals surface area contributed by atoms with E-state index in [4.69, 9.17) is 11.6 Å². The number of aryl methyl sites for hydroxylation is 1. The number of aromatic hydroxyl groups is 1. The Morgan fingerprint density at radius 2 is 2.10 bits per heavy atom. The molecule has 0 aliphatic rings. The Balaban J connectivity index is 1.89. The fourth-order valence-corrected chi connectivity index (χ4v) is 3.09. The van der Waals surface area contributed by atoms with Crippen LogP contribution in [-0.4, -0.2) is 16.0 Å². The minimum absolute atomic E-state index is 0.0448. The Hall–Kier alpha value is -2.11. The number of carbonyl (C=O) groups excluding carboxylic acids is 1. The van der Waals surface area contributed by atoms with Crippen LogP contribution in [0.5, 0.6) is 5.75 Å². The molecule has 1 aromatic heterocycles. The van der Waals surface area contributed by atoms with Gasteiger partial charge in [0.05, 0.1) is 15.8 Å². The maximum absolute atomic E-state index is 12.2. The van der Waals surface area contributed by atoms with Gasteiger partial charge >= 0.3 is 0 Å². The molecule has 4 nitrogen and oxygen atoms in total. The molecule has 106 valence electrons. The summed E-state index contributed by atoms with van der Waals surface area (Å²) in [6.07, 6.45) is 0. The van der Waals surface area contributed by atoms with Gasteiger partial charge in [0.2, 0.25) is 0 Å². The quantitative estimate of drug-likeness (QED) is 0.743. The molecule has 0 radical (unpaired) electrons. The maximum atomic E-state index is 12.2. The summed E-state index contributed by atoms with van der Waals surface area (Å²) >= 11 is 7.26. The largest absolute Gasteiger partial charge is 0.507 e. The fourth-order valence-electron chi connectivity index (χ4n) is 1.95. The Bertz CT molecular complexity index is 845. The molecule has 0 spiro atoms. The number of benzene rings is 2. The van der Waals surface area contributed by atoms with Crippen LogP contribution in [0.15, 0.2) is 36.4 Å². The van der Waals surface area contributed by atoms with Gasteiger partial charge in [0.25, 0.3) is 5.91 Å². The lowest BCUT2D eigenvalue weighted by Crippen LogP contribution is -2.11. The highest BCUT2D eigenvalue weighted by Crippen LogP contribution is 2.29. The number of phenolic OH excluding ortho intramolecular Hbond substituents is 1. The average Bonchev–Trinajstić information content (AvgIpc) is 2.79. The SMILES string of the molecule is Cc1ccc(C(=O)Nc2nc3ccc(Cl)cc3s2)c(O)c1. The first-order valence-electron chi connectivity index (χ1n) is 6.20. The van der Waals surface area contributed by atoms with Crippen LogP contribution in [0.1, 0.15) is 15.9 Å². The summed E-state index contributed by atoms with van der Waals surface area (Å²) < 4.78 is 0.894. The molecule has 0 aliphatic heterocycles. The van der Waals surface area contributed by atoms with Crippen LogP contribution in [0, 0.1) is 6.92 Å². The average molecular weight is 319 g/mol. The van der Waals surface area contributed by atoms with Crippen LogP contribution < -0.4 is 5.32 Å². The molecular formula is C15H11ClN2O2S. The van der Waals surface area contributed by atoms with E-state index < -0.39 is 5.91 Å². The van der Waals surface area contributed by atoms with Crippen LogP contribution in [-0.2, 0) is 0 Å². The predicted octanol–water partition coefficient (Wildman–Crippen LogP) is 4.22. The van der Waals surface area contributed by atoms with E-state index >= 15 is 0 Å². The first-order valence-corrected chi connectivity index (χ1v) is 7.39. The number of carbonyl (C=O) groups is 1. The molecule has 2 N–H and O–H groups in total. The zero-order valence-electron chi connectivity index (χ0n) is 11.1. The van der Waals surface area contributed by atoms with Gasteiger partial charge < -0.3 is 5.11 Å². The van der Waals surface area contributed by atoms with E-state index in [0.717, 1.165) is 15.8 Å². The fraction of sp³-hybridized carbons (Fsp3) is 0.0667. The van der Waals surface area contributed by atoms with E-state index in [0.29, 0.717) is 10.2 Å². The van der Waals surface area contributed by atoms with E-state index in [1.54, 1.807) is 36.4 Å². The van der Waals surface area contributed by atoms with Gasteiger partial charge in [0.15, 0.2) is 5.13 Å². The molecule has 0 fully saturated rings. The van der Waals surface area contributed by atoms with Gasteiger partial charge in [-0.3, -0.25) is 10.1 Å². The highest BCUT2D eigenvalue weighted by atomic mass is 35.5. The standard InChI is InChI=1S/C15H11ClN2O2S/c1-8-2-4-10(12(19)6-8)14(20)18-15-17-11-5-3-9(16)7-13(11)21-15/h2-7,19H,1H3,(H,17,18,20). The number of rotatable bonds is 2. The summed E-state index contributed by atoms with van der Waals surface area (Å²) in [6, 6.07) is 10.3.